The van der Waals surface area contributed by atoms with Crippen molar-refractivity contribution in [3.8, 4) is 0 Å². The normalized spacial score (nSPS) is 14.4. The average Bonchev–Trinajstić information content (AvgIpc) is 3.43. The molecule has 1 aliphatic rings. The van der Waals surface area contributed by atoms with Crippen LogP contribution in [0.15, 0.2) is 66.9 Å². The third kappa shape index (κ3) is 8.66. The minimum atomic E-state index is -5.09. The van der Waals surface area contributed by atoms with Gasteiger partial charge >= 0.3 is 12.4 Å². The molecule has 1 heterocycles. The summed E-state index contributed by atoms with van der Waals surface area (Å²) >= 11 is 0. The largest absolute Gasteiger partial charge is 0.416 e. The Bertz CT molecular complexity index is 1360. The SMILES string of the molecule is CCCCN(CC(=O)N(Cc1cccn1Cc1ccccc1)C1CCCCC1)C(=O)c1cc(C(F)(F)F)cc(C(F)(F)F)c1. The van der Waals surface area contributed by atoms with Crippen molar-refractivity contribution in [2.45, 2.75) is 83.4 Å². The first-order valence-electron chi connectivity index (χ1n) is 14.9. The minimum Gasteiger partial charge on any atom is -0.345 e. The van der Waals surface area contributed by atoms with E-state index in [1.165, 1.54) is 0 Å². The molecule has 11 heteroatoms. The van der Waals surface area contributed by atoms with E-state index in [1.54, 1.807) is 4.90 Å². The summed E-state index contributed by atoms with van der Waals surface area (Å²) in [6, 6.07) is 14.4. The van der Waals surface area contributed by atoms with E-state index in [4.69, 9.17) is 0 Å². The number of amides is 2. The lowest BCUT2D eigenvalue weighted by molar-refractivity contribution is -0.143. The molecular formula is C33H37F6N3O2. The van der Waals surface area contributed by atoms with Gasteiger partial charge in [0.05, 0.1) is 17.7 Å². The quantitative estimate of drug-likeness (QED) is 0.203. The molecule has 1 aromatic heterocycles. The lowest BCUT2D eigenvalue weighted by Crippen LogP contribution is -2.47. The number of aromatic nitrogens is 1. The van der Waals surface area contributed by atoms with Crippen molar-refractivity contribution in [3.05, 3.63) is 94.8 Å². The van der Waals surface area contributed by atoms with Crippen LogP contribution in [0.3, 0.4) is 0 Å². The van der Waals surface area contributed by atoms with Crippen LogP contribution in [0.2, 0.25) is 0 Å². The molecule has 0 aliphatic heterocycles. The molecular weight excluding hydrogens is 584 g/mol. The fourth-order valence-electron chi connectivity index (χ4n) is 5.63. The predicted octanol–water partition coefficient (Wildman–Crippen LogP) is 8.18. The molecule has 1 aliphatic carbocycles. The fourth-order valence-corrected chi connectivity index (χ4v) is 5.63. The van der Waals surface area contributed by atoms with E-state index in [0.29, 0.717) is 31.5 Å². The van der Waals surface area contributed by atoms with Crippen LogP contribution < -0.4 is 0 Å². The Morgan fingerprint density at radius 3 is 2.09 bits per heavy atom. The van der Waals surface area contributed by atoms with Gasteiger partial charge in [-0.2, -0.15) is 26.3 Å². The van der Waals surface area contributed by atoms with Gasteiger partial charge in [-0.1, -0.05) is 62.9 Å². The van der Waals surface area contributed by atoms with Gasteiger partial charge in [-0.3, -0.25) is 9.59 Å². The molecule has 0 N–H and O–H groups in total. The van der Waals surface area contributed by atoms with E-state index in [2.05, 4.69) is 0 Å². The van der Waals surface area contributed by atoms with Crippen molar-refractivity contribution >= 4 is 11.8 Å². The van der Waals surface area contributed by atoms with Crippen LogP contribution in [0, 0.1) is 0 Å². The zero-order chi connectivity index (χ0) is 31.9. The van der Waals surface area contributed by atoms with Gasteiger partial charge in [0, 0.05) is 36.6 Å². The minimum absolute atomic E-state index is 0.00627. The Morgan fingerprint density at radius 2 is 1.50 bits per heavy atom. The number of hydrogen-bond donors (Lipinski definition) is 0. The molecule has 4 rings (SSSR count). The van der Waals surface area contributed by atoms with Gasteiger partial charge in [0.2, 0.25) is 5.91 Å². The van der Waals surface area contributed by atoms with E-state index >= 15 is 0 Å². The van der Waals surface area contributed by atoms with Crippen LogP contribution >= 0.6 is 0 Å². The molecule has 238 valence electrons. The van der Waals surface area contributed by atoms with Crippen LogP contribution in [0.4, 0.5) is 26.3 Å². The molecule has 5 nitrogen and oxygen atoms in total. The number of halogens is 6. The van der Waals surface area contributed by atoms with Crippen LogP contribution in [0.25, 0.3) is 0 Å². The van der Waals surface area contributed by atoms with Crippen LogP contribution in [-0.2, 0) is 30.2 Å². The van der Waals surface area contributed by atoms with Crippen LogP contribution in [0.5, 0.6) is 0 Å². The topological polar surface area (TPSA) is 45.6 Å². The smallest absolute Gasteiger partial charge is 0.345 e. The predicted molar refractivity (Wildman–Crippen MR) is 155 cm³/mol. The Hall–Kier alpha value is -3.76. The number of unbranched alkanes of at least 4 members (excludes halogenated alkanes) is 1. The van der Waals surface area contributed by atoms with Gasteiger partial charge in [0.1, 0.15) is 6.54 Å². The third-order valence-electron chi connectivity index (χ3n) is 8.02. The van der Waals surface area contributed by atoms with Crippen molar-refractivity contribution in [1.82, 2.24) is 14.4 Å². The molecule has 44 heavy (non-hydrogen) atoms. The number of hydrogen-bond acceptors (Lipinski definition) is 2. The zero-order valence-electron chi connectivity index (χ0n) is 24.6. The van der Waals surface area contributed by atoms with Crippen molar-refractivity contribution in [1.29, 1.82) is 0 Å². The van der Waals surface area contributed by atoms with Crippen LogP contribution in [0.1, 0.15) is 84.6 Å². The lowest BCUT2D eigenvalue weighted by Gasteiger charge is -2.36. The Kier molecular flexibility index (Phi) is 10.8. The molecule has 0 spiro atoms. The molecule has 0 atom stereocenters. The molecule has 1 fully saturated rings. The van der Waals surface area contributed by atoms with Gasteiger partial charge in [-0.05, 0) is 55.2 Å². The summed E-state index contributed by atoms with van der Waals surface area (Å²) in [5.41, 5.74) is -1.93. The van der Waals surface area contributed by atoms with Gasteiger partial charge in [0.15, 0.2) is 0 Å². The molecule has 0 unspecified atom stereocenters. The second-order valence-corrected chi connectivity index (χ2v) is 11.3. The first kappa shape index (κ1) is 33.1. The van der Waals surface area contributed by atoms with Crippen molar-refractivity contribution < 1.29 is 35.9 Å². The van der Waals surface area contributed by atoms with Gasteiger partial charge in [0.25, 0.3) is 5.91 Å². The maximum atomic E-state index is 14.0. The Balaban J connectivity index is 1.62. The highest BCUT2D eigenvalue weighted by Crippen LogP contribution is 2.36. The zero-order valence-corrected chi connectivity index (χ0v) is 24.6. The highest BCUT2D eigenvalue weighted by Gasteiger charge is 2.38. The fraction of sp³-hybridized carbons (Fsp3) is 0.455. The summed E-state index contributed by atoms with van der Waals surface area (Å²) in [5.74, 6) is -1.43. The van der Waals surface area contributed by atoms with Crippen molar-refractivity contribution in [2.24, 2.45) is 0 Å². The number of rotatable bonds is 11. The van der Waals surface area contributed by atoms with Gasteiger partial charge < -0.3 is 14.4 Å². The van der Waals surface area contributed by atoms with E-state index in [9.17, 15) is 35.9 Å². The number of alkyl halides is 6. The summed E-state index contributed by atoms with van der Waals surface area (Å²) in [6.07, 6.45) is -2.77. The standard InChI is InChI=1S/C33H37F6N3O2/c1-2-3-16-41(31(44)25-18-26(32(34,35)36)20-27(19-25)33(37,38)39)23-30(43)42(28-13-8-5-9-14-28)22-29-15-10-17-40(29)21-24-11-6-4-7-12-24/h4,6-7,10-12,15,17-20,28H,2-3,5,8-9,13-14,16,21-23H2,1H3. The van der Waals surface area contributed by atoms with E-state index in [1.807, 2.05) is 60.2 Å². The van der Waals surface area contributed by atoms with E-state index in [0.717, 1.165) is 48.3 Å². The second kappa shape index (κ2) is 14.3. The third-order valence-corrected chi connectivity index (χ3v) is 8.02. The lowest BCUT2D eigenvalue weighted by atomic mass is 9.94. The Labute approximate surface area is 253 Å². The molecule has 0 bridgehead atoms. The molecule has 1 saturated carbocycles. The summed E-state index contributed by atoms with van der Waals surface area (Å²) in [4.78, 5) is 30.3. The second-order valence-electron chi connectivity index (χ2n) is 11.3. The summed E-state index contributed by atoms with van der Waals surface area (Å²) < 4.78 is 83.2. The summed E-state index contributed by atoms with van der Waals surface area (Å²) in [7, 11) is 0. The molecule has 2 amide bonds. The highest BCUT2D eigenvalue weighted by atomic mass is 19.4. The first-order valence-corrected chi connectivity index (χ1v) is 14.9. The maximum absolute atomic E-state index is 14.0. The van der Waals surface area contributed by atoms with Gasteiger partial charge in [-0.25, -0.2) is 0 Å². The molecule has 0 saturated heterocycles. The highest BCUT2D eigenvalue weighted by molar-refractivity contribution is 5.97. The first-order chi connectivity index (χ1) is 20.9. The van der Waals surface area contributed by atoms with Crippen molar-refractivity contribution in [2.75, 3.05) is 13.1 Å². The molecule has 3 aromatic rings. The van der Waals surface area contributed by atoms with Crippen LogP contribution in [-0.4, -0.2) is 45.3 Å². The number of carbonyl (C=O) groups excluding carboxylic acids is 2. The average molecular weight is 622 g/mol. The van der Waals surface area contributed by atoms with E-state index < -0.39 is 47.4 Å². The molecule has 2 aromatic carbocycles. The summed E-state index contributed by atoms with van der Waals surface area (Å²) in [6.45, 7) is 2.26. The Morgan fingerprint density at radius 1 is 0.864 bits per heavy atom. The van der Waals surface area contributed by atoms with Crippen molar-refractivity contribution in [3.63, 3.8) is 0 Å². The number of benzene rings is 2. The summed E-state index contributed by atoms with van der Waals surface area (Å²) in [5, 5.41) is 0. The number of carbonyl (C=O) groups is 2. The molecule has 0 radical (unpaired) electrons. The maximum Gasteiger partial charge on any atom is 0.416 e. The van der Waals surface area contributed by atoms with E-state index in [-0.39, 0.29) is 25.2 Å². The number of nitrogens with zero attached hydrogens (tertiary/aromatic N) is 3. The monoisotopic (exact) mass is 621 g/mol. The van der Waals surface area contributed by atoms with Gasteiger partial charge in [-0.15, -0.1) is 0 Å².